The van der Waals surface area contributed by atoms with E-state index in [0.717, 1.165) is 5.56 Å². The van der Waals surface area contributed by atoms with Crippen molar-refractivity contribution in [2.45, 2.75) is 18.8 Å². The smallest absolute Gasteiger partial charge is 0.170 e. The molecule has 1 atom stereocenters. The molecule has 3 heteroatoms. The molecule has 0 aliphatic carbocycles. The van der Waals surface area contributed by atoms with Crippen LogP contribution in [0.5, 0.6) is 0 Å². The number of rotatable bonds is 6. The molecule has 0 amide bonds. The second kappa shape index (κ2) is 6.66. The number of Topliss-reactive ketones (excluding diaryl/α,β-unsaturated/α-hetero) is 1. The van der Waals surface area contributed by atoms with Gasteiger partial charge in [0, 0.05) is 17.5 Å². The van der Waals surface area contributed by atoms with Crippen LogP contribution in [0.1, 0.15) is 34.7 Å². The Bertz CT molecular complexity index is 576. The predicted molar refractivity (Wildman–Crippen MR) is 74.2 cm³/mol. The first-order valence-electron chi connectivity index (χ1n) is 6.52. The minimum Gasteiger partial charge on any atom is -0.550 e. The summed E-state index contributed by atoms with van der Waals surface area (Å²) in [5.74, 6) is -1.64. The number of carboxylic acid groups (broad SMARTS) is 1. The van der Waals surface area contributed by atoms with Gasteiger partial charge in [-0.1, -0.05) is 60.7 Å². The standard InChI is InChI=1S/C17H16O3/c18-16(19)12-11-15(13-7-3-1-4-8-13)17(20)14-9-5-2-6-10-14/h1-10,15H,11-12H2,(H,18,19)/p-1/t15-/m1/s1. The zero-order chi connectivity index (χ0) is 14.4. The second-order valence-electron chi connectivity index (χ2n) is 4.60. The van der Waals surface area contributed by atoms with Crippen molar-refractivity contribution in [3.8, 4) is 0 Å². The molecule has 0 heterocycles. The molecule has 0 aromatic heterocycles. The molecule has 3 nitrogen and oxygen atoms in total. The highest BCUT2D eigenvalue weighted by molar-refractivity contribution is 6.01. The van der Waals surface area contributed by atoms with Crippen molar-refractivity contribution in [1.29, 1.82) is 0 Å². The van der Waals surface area contributed by atoms with Crippen LogP contribution in [0, 0.1) is 0 Å². The third-order valence-corrected chi connectivity index (χ3v) is 3.21. The first kappa shape index (κ1) is 14.0. The summed E-state index contributed by atoms with van der Waals surface area (Å²) >= 11 is 0. The van der Waals surface area contributed by atoms with Gasteiger partial charge in [-0.25, -0.2) is 0 Å². The monoisotopic (exact) mass is 267 g/mol. The molecule has 0 radical (unpaired) electrons. The van der Waals surface area contributed by atoms with E-state index in [4.69, 9.17) is 0 Å². The molecular weight excluding hydrogens is 252 g/mol. The van der Waals surface area contributed by atoms with E-state index in [2.05, 4.69) is 0 Å². The molecule has 102 valence electrons. The van der Waals surface area contributed by atoms with Crippen LogP contribution in [0.4, 0.5) is 0 Å². The molecule has 0 bridgehead atoms. The van der Waals surface area contributed by atoms with E-state index in [1.54, 1.807) is 24.3 Å². The fourth-order valence-electron chi connectivity index (χ4n) is 2.20. The lowest BCUT2D eigenvalue weighted by Gasteiger charge is -2.16. The Balaban J connectivity index is 2.27. The Morgan fingerprint density at radius 3 is 2.00 bits per heavy atom. The molecule has 0 fully saturated rings. The largest absolute Gasteiger partial charge is 0.550 e. The fraction of sp³-hybridized carbons (Fsp3) is 0.176. The van der Waals surface area contributed by atoms with E-state index < -0.39 is 11.9 Å². The van der Waals surface area contributed by atoms with Gasteiger partial charge in [-0.05, 0) is 18.4 Å². The minimum atomic E-state index is -1.13. The van der Waals surface area contributed by atoms with Crippen LogP contribution < -0.4 is 5.11 Å². The van der Waals surface area contributed by atoms with Gasteiger partial charge in [-0.2, -0.15) is 0 Å². The first-order chi connectivity index (χ1) is 9.68. The van der Waals surface area contributed by atoms with Gasteiger partial charge >= 0.3 is 0 Å². The summed E-state index contributed by atoms with van der Waals surface area (Å²) in [6.07, 6.45) is 0.123. The van der Waals surface area contributed by atoms with E-state index in [1.807, 2.05) is 36.4 Å². The van der Waals surface area contributed by atoms with Crippen LogP contribution in [0.3, 0.4) is 0 Å². The Kier molecular flexibility index (Phi) is 4.66. The van der Waals surface area contributed by atoms with E-state index in [9.17, 15) is 14.7 Å². The normalized spacial score (nSPS) is 11.8. The van der Waals surface area contributed by atoms with Gasteiger partial charge in [0.05, 0.1) is 0 Å². The maximum Gasteiger partial charge on any atom is 0.170 e. The second-order valence-corrected chi connectivity index (χ2v) is 4.60. The highest BCUT2D eigenvalue weighted by atomic mass is 16.4. The van der Waals surface area contributed by atoms with Crippen LogP contribution in [-0.2, 0) is 4.79 Å². The molecule has 20 heavy (non-hydrogen) atoms. The SMILES string of the molecule is O=C([O-])CC[C@@H](C(=O)c1ccccc1)c1ccccc1. The quantitative estimate of drug-likeness (QED) is 0.754. The van der Waals surface area contributed by atoms with Crippen molar-refractivity contribution in [3.05, 3.63) is 71.8 Å². The summed E-state index contributed by atoms with van der Waals surface area (Å²) in [4.78, 5) is 23.2. The average molecular weight is 267 g/mol. The number of carboxylic acids is 1. The predicted octanol–water partition coefficient (Wildman–Crippen LogP) is 2.18. The fourth-order valence-corrected chi connectivity index (χ4v) is 2.20. The van der Waals surface area contributed by atoms with Gasteiger partial charge in [0.25, 0.3) is 0 Å². The van der Waals surface area contributed by atoms with Gasteiger partial charge in [0.2, 0.25) is 0 Å². The van der Waals surface area contributed by atoms with Crippen molar-refractivity contribution in [1.82, 2.24) is 0 Å². The summed E-state index contributed by atoms with van der Waals surface area (Å²) in [5, 5.41) is 10.7. The van der Waals surface area contributed by atoms with Crippen LogP contribution in [0.25, 0.3) is 0 Å². The topological polar surface area (TPSA) is 57.2 Å². The number of carbonyl (C=O) groups is 2. The van der Waals surface area contributed by atoms with Gasteiger partial charge < -0.3 is 9.90 Å². The van der Waals surface area contributed by atoms with Gasteiger partial charge in [0.1, 0.15) is 0 Å². The molecule has 0 unspecified atom stereocenters. The van der Waals surface area contributed by atoms with Crippen molar-refractivity contribution >= 4 is 11.8 Å². The van der Waals surface area contributed by atoms with Gasteiger partial charge in [0.15, 0.2) is 5.78 Å². The third-order valence-electron chi connectivity index (χ3n) is 3.21. The average Bonchev–Trinajstić information content (AvgIpc) is 2.49. The summed E-state index contributed by atoms with van der Waals surface area (Å²) in [6, 6.07) is 18.2. The lowest BCUT2D eigenvalue weighted by Crippen LogP contribution is -2.24. The maximum atomic E-state index is 12.5. The third kappa shape index (κ3) is 3.54. The van der Waals surface area contributed by atoms with E-state index >= 15 is 0 Å². The number of carbonyl (C=O) groups excluding carboxylic acids is 2. The Hall–Kier alpha value is -2.42. The Labute approximate surface area is 117 Å². The van der Waals surface area contributed by atoms with Gasteiger partial charge in [-0.15, -0.1) is 0 Å². The number of hydrogen-bond acceptors (Lipinski definition) is 3. The Morgan fingerprint density at radius 2 is 1.45 bits per heavy atom. The molecular formula is C17H15O3-. The zero-order valence-corrected chi connectivity index (χ0v) is 11.0. The zero-order valence-electron chi connectivity index (χ0n) is 11.0. The number of ketones is 1. The van der Waals surface area contributed by atoms with E-state index in [-0.39, 0.29) is 18.6 Å². The number of aliphatic carboxylic acids is 1. The lowest BCUT2D eigenvalue weighted by atomic mass is 9.87. The molecule has 2 aromatic carbocycles. The summed E-state index contributed by atoms with van der Waals surface area (Å²) in [6.45, 7) is 0. The molecule has 0 saturated carbocycles. The first-order valence-corrected chi connectivity index (χ1v) is 6.52. The van der Waals surface area contributed by atoms with Crippen LogP contribution in [0.2, 0.25) is 0 Å². The molecule has 0 saturated heterocycles. The molecule has 0 aliphatic heterocycles. The highest BCUT2D eigenvalue weighted by Crippen LogP contribution is 2.25. The van der Waals surface area contributed by atoms with Crippen molar-refractivity contribution in [3.63, 3.8) is 0 Å². The lowest BCUT2D eigenvalue weighted by molar-refractivity contribution is -0.305. The van der Waals surface area contributed by atoms with Crippen LogP contribution in [-0.4, -0.2) is 11.8 Å². The number of benzene rings is 2. The minimum absolute atomic E-state index is 0.0574. The summed E-state index contributed by atoms with van der Waals surface area (Å²) < 4.78 is 0. The maximum absolute atomic E-state index is 12.5. The summed E-state index contributed by atoms with van der Waals surface area (Å²) in [7, 11) is 0. The van der Waals surface area contributed by atoms with Crippen LogP contribution >= 0.6 is 0 Å². The molecule has 0 N–H and O–H groups in total. The van der Waals surface area contributed by atoms with Crippen molar-refractivity contribution in [2.24, 2.45) is 0 Å². The highest BCUT2D eigenvalue weighted by Gasteiger charge is 2.21. The van der Waals surface area contributed by atoms with E-state index in [0.29, 0.717) is 5.56 Å². The van der Waals surface area contributed by atoms with Crippen LogP contribution in [0.15, 0.2) is 60.7 Å². The van der Waals surface area contributed by atoms with E-state index in [1.165, 1.54) is 0 Å². The van der Waals surface area contributed by atoms with Crippen molar-refractivity contribution < 1.29 is 14.7 Å². The summed E-state index contributed by atoms with van der Waals surface area (Å²) in [5.41, 5.74) is 1.43. The molecule has 0 aliphatic rings. The van der Waals surface area contributed by atoms with Crippen molar-refractivity contribution in [2.75, 3.05) is 0 Å². The number of hydrogen-bond donors (Lipinski definition) is 0. The van der Waals surface area contributed by atoms with Gasteiger partial charge in [-0.3, -0.25) is 4.79 Å². The Morgan fingerprint density at radius 1 is 0.900 bits per heavy atom. The molecule has 2 aromatic rings. The molecule has 2 rings (SSSR count). The molecule has 0 spiro atoms.